The van der Waals surface area contributed by atoms with E-state index in [1.54, 1.807) is 11.4 Å². The lowest BCUT2D eigenvalue weighted by Gasteiger charge is -1.90. The van der Waals surface area contributed by atoms with Crippen LogP contribution in [0.5, 0.6) is 0 Å². The molecule has 0 atom stereocenters. The van der Waals surface area contributed by atoms with E-state index in [1.165, 1.54) is 18.4 Å². The lowest BCUT2D eigenvalue weighted by molar-refractivity contribution is 0.0601. The van der Waals surface area contributed by atoms with E-state index in [2.05, 4.69) is 16.6 Å². The second-order valence-corrected chi connectivity index (χ2v) is 3.38. The Morgan fingerprint density at radius 1 is 1.71 bits per heavy atom. The number of carbonyl (C=O) groups excluding carboxylic acids is 1. The summed E-state index contributed by atoms with van der Waals surface area (Å²) in [6.45, 7) is 0.0578. The van der Waals surface area contributed by atoms with Crippen LogP contribution in [0.1, 0.15) is 21.7 Å². The molecule has 0 unspecified atom stereocenters. The second kappa shape index (κ2) is 5.43. The van der Waals surface area contributed by atoms with Crippen LogP contribution in [-0.2, 0) is 4.74 Å². The Kier molecular flexibility index (Phi) is 4.17. The monoisotopic (exact) mass is 210 g/mol. The highest BCUT2D eigenvalue weighted by Gasteiger charge is 2.06. The number of rotatable bonds is 2. The van der Waals surface area contributed by atoms with Gasteiger partial charge in [-0.05, 0) is 6.07 Å². The second-order valence-electron chi connectivity index (χ2n) is 2.47. The molecular formula is C10H10O3S. The summed E-state index contributed by atoms with van der Waals surface area (Å²) >= 11 is 1.39. The topological polar surface area (TPSA) is 46.5 Å². The average molecular weight is 210 g/mol. The van der Waals surface area contributed by atoms with Gasteiger partial charge >= 0.3 is 5.97 Å². The van der Waals surface area contributed by atoms with Crippen LogP contribution in [0.2, 0.25) is 0 Å². The van der Waals surface area contributed by atoms with Crippen LogP contribution in [0.25, 0.3) is 0 Å². The summed E-state index contributed by atoms with van der Waals surface area (Å²) in [4.78, 5) is 11.9. The lowest BCUT2D eigenvalue weighted by Crippen LogP contribution is -1.97. The minimum Gasteiger partial charge on any atom is -0.465 e. The number of aliphatic hydroxyl groups is 1. The summed E-state index contributed by atoms with van der Waals surface area (Å²) in [7, 11) is 1.34. The highest BCUT2D eigenvalue weighted by atomic mass is 32.1. The molecule has 1 aromatic heterocycles. The van der Waals surface area contributed by atoms with Crippen molar-refractivity contribution in [2.45, 2.75) is 6.42 Å². The van der Waals surface area contributed by atoms with Gasteiger partial charge in [0.15, 0.2) is 0 Å². The fraction of sp³-hybridized carbons (Fsp3) is 0.300. The smallest absolute Gasteiger partial charge is 0.338 e. The predicted molar refractivity (Wildman–Crippen MR) is 54.2 cm³/mol. The maximum Gasteiger partial charge on any atom is 0.338 e. The molecule has 1 N–H and O–H groups in total. The maximum atomic E-state index is 11.1. The van der Waals surface area contributed by atoms with E-state index in [9.17, 15) is 4.79 Å². The van der Waals surface area contributed by atoms with E-state index in [0.29, 0.717) is 12.0 Å². The first kappa shape index (κ1) is 10.8. The fourth-order valence-corrected chi connectivity index (χ4v) is 1.58. The molecule has 1 rings (SSSR count). The zero-order chi connectivity index (χ0) is 10.4. The number of hydrogen-bond acceptors (Lipinski definition) is 4. The number of carbonyl (C=O) groups is 1. The van der Waals surface area contributed by atoms with Crippen LogP contribution in [0.15, 0.2) is 11.4 Å². The van der Waals surface area contributed by atoms with Crippen molar-refractivity contribution >= 4 is 17.3 Å². The molecule has 0 aliphatic rings. The van der Waals surface area contributed by atoms with Gasteiger partial charge in [-0.25, -0.2) is 4.79 Å². The van der Waals surface area contributed by atoms with Crippen molar-refractivity contribution < 1.29 is 14.6 Å². The van der Waals surface area contributed by atoms with E-state index >= 15 is 0 Å². The van der Waals surface area contributed by atoms with E-state index < -0.39 is 0 Å². The SMILES string of the molecule is COC(=O)c1csc(C#CCCO)c1. The Bertz CT molecular complexity index is 370. The van der Waals surface area contributed by atoms with Crippen LogP contribution in [0.4, 0.5) is 0 Å². The van der Waals surface area contributed by atoms with Crippen LogP contribution in [0.3, 0.4) is 0 Å². The minimum atomic E-state index is -0.351. The molecule has 0 bridgehead atoms. The Morgan fingerprint density at radius 2 is 2.50 bits per heavy atom. The molecule has 3 nitrogen and oxygen atoms in total. The number of hydrogen-bond donors (Lipinski definition) is 1. The van der Waals surface area contributed by atoms with Gasteiger partial charge in [-0.15, -0.1) is 11.3 Å². The first-order valence-corrected chi connectivity index (χ1v) is 4.92. The van der Waals surface area contributed by atoms with Crippen LogP contribution < -0.4 is 0 Å². The average Bonchev–Trinajstić information content (AvgIpc) is 2.66. The van der Waals surface area contributed by atoms with Crippen molar-refractivity contribution in [1.82, 2.24) is 0 Å². The molecule has 0 aliphatic heterocycles. The van der Waals surface area contributed by atoms with Crippen LogP contribution in [-0.4, -0.2) is 24.8 Å². The molecule has 0 fully saturated rings. The standard InChI is InChI=1S/C10H10O3S/c1-13-10(12)8-6-9(14-7-8)4-2-3-5-11/h6-7,11H,3,5H2,1H3. The zero-order valence-corrected chi connectivity index (χ0v) is 8.56. The third kappa shape index (κ3) is 2.87. The van der Waals surface area contributed by atoms with Gasteiger partial charge in [0.2, 0.25) is 0 Å². The third-order valence-corrected chi connectivity index (χ3v) is 2.31. The summed E-state index contributed by atoms with van der Waals surface area (Å²) in [5.74, 6) is 5.28. The Labute approximate surface area is 86.3 Å². The van der Waals surface area contributed by atoms with E-state index in [-0.39, 0.29) is 12.6 Å². The van der Waals surface area contributed by atoms with E-state index in [0.717, 1.165) is 4.88 Å². The van der Waals surface area contributed by atoms with Crippen LogP contribution in [0, 0.1) is 11.8 Å². The lowest BCUT2D eigenvalue weighted by atomic mass is 10.3. The number of esters is 1. The van der Waals surface area contributed by atoms with Gasteiger partial charge in [0.25, 0.3) is 0 Å². The number of ether oxygens (including phenoxy) is 1. The van der Waals surface area contributed by atoms with E-state index in [4.69, 9.17) is 5.11 Å². The molecule has 0 aromatic carbocycles. The van der Waals surface area contributed by atoms with E-state index in [1.807, 2.05) is 0 Å². The van der Waals surface area contributed by atoms with Crippen LogP contribution >= 0.6 is 11.3 Å². The summed E-state index contributed by atoms with van der Waals surface area (Å²) < 4.78 is 4.55. The molecule has 74 valence electrons. The van der Waals surface area contributed by atoms with Gasteiger partial charge in [0.05, 0.1) is 24.2 Å². The van der Waals surface area contributed by atoms with Gasteiger partial charge in [-0.2, -0.15) is 0 Å². The van der Waals surface area contributed by atoms with Crippen molar-refractivity contribution in [3.63, 3.8) is 0 Å². The first-order chi connectivity index (χ1) is 6.77. The first-order valence-electron chi connectivity index (χ1n) is 4.04. The molecule has 0 saturated carbocycles. The van der Waals surface area contributed by atoms with Crippen molar-refractivity contribution in [1.29, 1.82) is 0 Å². The number of methoxy groups -OCH3 is 1. The van der Waals surface area contributed by atoms with Gasteiger partial charge in [-0.3, -0.25) is 0 Å². The number of thiophene rings is 1. The van der Waals surface area contributed by atoms with Gasteiger partial charge in [-0.1, -0.05) is 11.8 Å². The van der Waals surface area contributed by atoms with Crippen molar-refractivity contribution in [2.75, 3.05) is 13.7 Å². The molecule has 1 heterocycles. The molecule has 14 heavy (non-hydrogen) atoms. The molecule has 0 saturated heterocycles. The Hall–Kier alpha value is -1.31. The largest absolute Gasteiger partial charge is 0.465 e. The Balaban J connectivity index is 2.70. The molecule has 0 aliphatic carbocycles. The Morgan fingerprint density at radius 3 is 3.14 bits per heavy atom. The normalized spacial score (nSPS) is 9.00. The highest BCUT2D eigenvalue weighted by Crippen LogP contribution is 2.14. The molecular weight excluding hydrogens is 200 g/mol. The predicted octanol–water partition coefficient (Wildman–Crippen LogP) is 1.27. The molecule has 4 heteroatoms. The van der Waals surface area contributed by atoms with Gasteiger partial charge in [0, 0.05) is 11.8 Å². The van der Waals surface area contributed by atoms with Gasteiger partial charge < -0.3 is 9.84 Å². The van der Waals surface area contributed by atoms with Crippen molar-refractivity contribution in [3.05, 3.63) is 21.9 Å². The maximum absolute atomic E-state index is 11.1. The molecule has 0 amide bonds. The fourth-order valence-electron chi connectivity index (χ4n) is 0.832. The summed E-state index contributed by atoms with van der Waals surface area (Å²) in [5, 5.41) is 10.2. The zero-order valence-electron chi connectivity index (χ0n) is 7.74. The van der Waals surface area contributed by atoms with Gasteiger partial charge in [0.1, 0.15) is 0 Å². The molecule has 0 spiro atoms. The molecule has 1 aromatic rings. The number of aliphatic hydroxyl groups excluding tert-OH is 1. The summed E-state index contributed by atoms with van der Waals surface area (Å²) in [5.41, 5.74) is 0.519. The summed E-state index contributed by atoms with van der Waals surface area (Å²) in [6.07, 6.45) is 0.450. The minimum absolute atomic E-state index is 0.0578. The quantitative estimate of drug-likeness (QED) is 0.590. The molecule has 0 radical (unpaired) electrons. The third-order valence-electron chi connectivity index (χ3n) is 1.47. The van der Waals surface area contributed by atoms with Crippen molar-refractivity contribution in [2.24, 2.45) is 0 Å². The highest BCUT2D eigenvalue weighted by molar-refractivity contribution is 7.10. The summed E-state index contributed by atoms with van der Waals surface area (Å²) in [6, 6.07) is 1.68. The van der Waals surface area contributed by atoms with Crippen molar-refractivity contribution in [3.8, 4) is 11.8 Å².